The molecule has 1 atom stereocenters. The molecule has 2 aliphatic heterocycles. The summed E-state index contributed by atoms with van der Waals surface area (Å²) in [4.78, 5) is 20.0. The largest absolute Gasteiger partial charge is 0.425 e. The number of halogens is 2. The monoisotopic (exact) mass is 499 g/mol. The van der Waals surface area contributed by atoms with Crippen molar-refractivity contribution in [2.24, 2.45) is 5.41 Å². The highest BCUT2D eigenvalue weighted by atomic mass is 35.5. The molecule has 1 amide bonds. The first-order valence-electron chi connectivity index (χ1n) is 10.6. The van der Waals surface area contributed by atoms with Crippen molar-refractivity contribution in [1.82, 2.24) is 20.1 Å². The van der Waals surface area contributed by atoms with E-state index in [-0.39, 0.29) is 11.3 Å². The Hall–Kier alpha value is -2.68. The topological polar surface area (TPSA) is 75.4 Å². The van der Waals surface area contributed by atoms with Gasteiger partial charge < -0.3 is 14.2 Å². The molecule has 1 spiro atoms. The van der Waals surface area contributed by atoms with Crippen LogP contribution in [0.5, 0.6) is 0 Å². The van der Waals surface area contributed by atoms with Crippen LogP contribution in [0, 0.1) is 5.41 Å². The van der Waals surface area contributed by atoms with E-state index in [0.29, 0.717) is 41.3 Å². The van der Waals surface area contributed by atoms with Crippen LogP contribution in [0.4, 0.5) is 5.69 Å². The predicted molar refractivity (Wildman–Crippen MR) is 128 cm³/mol. The molecule has 0 bridgehead atoms. The number of hydrogen-bond acceptors (Lipinski definition) is 7. The summed E-state index contributed by atoms with van der Waals surface area (Å²) >= 11 is 13.8. The number of rotatable bonds is 5. The Morgan fingerprint density at radius 1 is 1.15 bits per heavy atom. The molecule has 0 saturated carbocycles. The maximum absolute atomic E-state index is 11.4. The second kappa shape index (κ2) is 7.97. The second-order valence-electron chi connectivity index (χ2n) is 8.74. The molecule has 2 aromatic carbocycles. The molecule has 33 heavy (non-hydrogen) atoms. The SMILES string of the molecule is O=CN1CC2(C1)CN(c1cccc3ncsc13)CC2c1nnc(Cc2ccc(Cl)c(Cl)c2)o1. The van der Waals surface area contributed by atoms with Crippen molar-refractivity contribution in [3.8, 4) is 0 Å². The highest BCUT2D eigenvalue weighted by Gasteiger charge is 2.56. The maximum atomic E-state index is 11.4. The lowest BCUT2D eigenvalue weighted by atomic mass is 9.72. The number of likely N-dealkylation sites (tertiary alicyclic amines) is 1. The van der Waals surface area contributed by atoms with E-state index in [1.807, 2.05) is 29.8 Å². The molecule has 4 heterocycles. The van der Waals surface area contributed by atoms with Crippen LogP contribution < -0.4 is 4.90 Å². The fourth-order valence-electron chi connectivity index (χ4n) is 5.07. The fourth-order valence-corrected chi connectivity index (χ4v) is 6.23. The van der Waals surface area contributed by atoms with Gasteiger partial charge in [0.1, 0.15) is 0 Å². The van der Waals surface area contributed by atoms with E-state index in [4.69, 9.17) is 27.6 Å². The van der Waals surface area contributed by atoms with E-state index >= 15 is 0 Å². The van der Waals surface area contributed by atoms with Gasteiger partial charge in [0.15, 0.2) is 0 Å². The maximum Gasteiger partial charge on any atom is 0.222 e. The summed E-state index contributed by atoms with van der Waals surface area (Å²) < 4.78 is 7.33. The summed E-state index contributed by atoms with van der Waals surface area (Å²) in [7, 11) is 0. The van der Waals surface area contributed by atoms with Crippen molar-refractivity contribution in [1.29, 1.82) is 0 Å². The number of amides is 1. The number of anilines is 1. The van der Waals surface area contributed by atoms with Gasteiger partial charge >= 0.3 is 0 Å². The zero-order valence-electron chi connectivity index (χ0n) is 17.4. The van der Waals surface area contributed by atoms with Crippen LogP contribution >= 0.6 is 34.5 Å². The average molecular weight is 500 g/mol. The van der Waals surface area contributed by atoms with E-state index in [2.05, 4.69) is 26.1 Å². The van der Waals surface area contributed by atoms with Gasteiger partial charge in [0.2, 0.25) is 18.2 Å². The minimum absolute atomic E-state index is 0.0342. The van der Waals surface area contributed by atoms with Crippen molar-refractivity contribution >= 4 is 56.9 Å². The van der Waals surface area contributed by atoms with E-state index in [0.717, 1.165) is 36.3 Å². The molecule has 2 aliphatic rings. The first-order chi connectivity index (χ1) is 16.0. The standard InChI is InChI=1S/C23H19Cl2N5O2S/c24-16-5-4-14(6-17(16)25)7-20-27-28-22(32-20)15-8-30(11-23(15)9-29(10-23)13-31)19-3-1-2-18-21(19)33-12-26-18/h1-6,12-13,15H,7-11H2. The Kier molecular flexibility index (Phi) is 5.05. The van der Waals surface area contributed by atoms with Crippen molar-refractivity contribution in [2.45, 2.75) is 12.3 Å². The Labute approximate surface area is 203 Å². The van der Waals surface area contributed by atoms with Gasteiger partial charge in [-0.15, -0.1) is 21.5 Å². The number of carbonyl (C=O) groups is 1. The third-order valence-corrected chi connectivity index (χ3v) is 8.23. The lowest BCUT2D eigenvalue weighted by Gasteiger charge is -2.48. The molecule has 2 aromatic heterocycles. The molecule has 4 aromatic rings. The van der Waals surface area contributed by atoms with Crippen molar-refractivity contribution in [2.75, 3.05) is 31.1 Å². The van der Waals surface area contributed by atoms with E-state index in [1.165, 1.54) is 4.70 Å². The Morgan fingerprint density at radius 2 is 2.03 bits per heavy atom. The van der Waals surface area contributed by atoms with Gasteiger partial charge in [0, 0.05) is 31.6 Å². The summed E-state index contributed by atoms with van der Waals surface area (Å²) in [5.41, 5.74) is 4.88. The first-order valence-corrected chi connectivity index (χ1v) is 12.2. The normalized spacial score (nSPS) is 19.4. The summed E-state index contributed by atoms with van der Waals surface area (Å²) in [6, 6.07) is 11.7. The molecule has 2 fully saturated rings. The average Bonchev–Trinajstić information content (AvgIpc) is 3.52. The van der Waals surface area contributed by atoms with Crippen LogP contribution in [0.2, 0.25) is 10.0 Å². The van der Waals surface area contributed by atoms with E-state index < -0.39 is 0 Å². The molecule has 168 valence electrons. The number of fused-ring (bicyclic) bond motifs is 1. The molecule has 0 N–H and O–H groups in total. The molecule has 0 radical (unpaired) electrons. The Bertz CT molecular complexity index is 1350. The number of carbonyl (C=O) groups excluding carboxylic acids is 1. The van der Waals surface area contributed by atoms with Gasteiger partial charge in [-0.25, -0.2) is 4.98 Å². The molecule has 0 aliphatic carbocycles. The van der Waals surface area contributed by atoms with Crippen LogP contribution in [0.15, 0.2) is 46.3 Å². The third-order valence-electron chi connectivity index (χ3n) is 6.63. The van der Waals surface area contributed by atoms with E-state index in [9.17, 15) is 4.79 Å². The Balaban J connectivity index is 1.29. The van der Waals surface area contributed by atoms with Crippen LogP contribution in [0.25, 0.3) is 10.2 Å². The number of thiazole rings is 1. The van der Waals surface area contributed by atoms with Gasteiger partial charge in [-0.1, -0.05) is 35.3 Å². The van der Waals surface area contributed by atoms with Gasteiger partial charge in [0.05, 0.1) is 43.8 Å². The number of benzene rings is 2. The minimum atomic E-state index is -0.110. The molecule has 7 nitrogen and oxygen atoms in total. The molecule has 2 saturated heterocycles. The fraction of sp³-hybridized carbons (Fsp3) is 0.304. The van der Waals surface area contributed by atoms with Crippen LogP contribution in [-0.2, 0) is 11.2 Å². The Morgan fingerprint density at radius 3 is 2.85 bits per heavy atom. The van der Waals surface area contributed by atoms with Gasteiger partial charge in [0.25, 0.3) is 0 Å². The van der Waals surface area contributed by atoms with Crippen LogP contribution in [0.1, 0.15) is 23.3 Å². The van der Waals surface area contributed by atoms with Crippen molar-refractivity contribution < 1.29 is 9.21 Å². The van der Waals surface area contributed by atoms with Gasteiger partial charge in [-0.2, -0.15) is 0 Å². The van der Waals surface area contributed by atoms with Crippen molar-refractivity contribution in [3.05, 3.63) is 69.3 Å². The minimum Gasteiger partial charge on any atom is -0.425 e. The summed E-state index contributed by atoms with van der Waals surface area (Å²) in [6.45, 7) is 2.93. The summed E-state index contributed by atoms with van der Waals surface area (Å²) in [5.74, 6) is 1.19. The highest BCUT2D eigenvalue weighted by Crippen LogP contribution is 2.50. The van der Waals surface area contributed by atoms with Crippen LogP contribution in [-0.4, -0.2) is 52.7 Å². The molecular formula is C23H19Cl2N5O2S. The lowest BCUT2D eigenvalue weighted by molar-refractivity contribution is -0.129. The smallest absolute Gasteiger partial charge is 0.222 e. The third kappa shape index (κ3) is 3.57. The highest BCUT2D eigenvalue weighted by molar-refractivity contribution is 7.17. The molecule has 6 rings (SSSR count). The van der Waals surface area contributed by atoms with Crippen LogP contribution in [0.3, 0.4) is 0 Å². The zero-order chi connectivity index (χ0) is 22.6. The molecular weight excluding hydrogens is 481 g/mol. The number of hydrogen-bond donors (Lipinski definition) is 0. The lowest BCUT2D eigenvalue weighted by Crippen LogP contribution is -2.59. The molecule has 10 heteroatoms. The molecule has 1 unspecified atom stereocenters. The zero-order valence-corrected chi connectivity index (χ0v) is 19.8. The second-order valence-corrected chi connectivity index (χ2v) is 10.4. The number of aromatic nitrogens is 3. The van der Waals surface area contributed by atoms with Gasteiger partial charge in [-0.3, -0.25) is 4.79 Å². The van der Waals surface area contributed by atoms with Crippen molar-refractivity contribution in [3.63, 3.8) is 0 Å². The summed E-state index contributed by atoms with van der Waals surface area (Å²) in [5, 5.41) is 9.75. The first kappa shape index (κ1) is 20.9. The van der Waals surface area contributed by atoms with E-state index in [1.54, 1.807) is 22.3 Å². The quantitative estimate of drug-likeness (QED) is 0.372. The van der Waals surface area contributed by atoms with Gasteiger partial charge in [-0.05, 0) is 29.8 Å². The predicted octanol–water partition coefficient (Wildman–Crippen LogP) is 4.64. The number of nitrogens with zero attached hydrogens (tertiary/aromatic N) is 5. The summed E-state index contributed by atoms with van der Waals surface area (Å²) in [6.07, 6.45) is 1.40.